The molecular weight excluding hydrogens is 128 g/mol. The van der Waals surface area contributed by atoms with Crippen molar-refractivity contribution in [2.75, 3.05) is 13.1 Å². The van der Waals surface area contributed by atoms with Gasteiger partial charge in [0.25, 0.3) is 0 Å². The van der Waals surface area contributed by atoms with Crippen molar-refractivity contribution in [1.29, 1.82) is 0 Å². The molecule has 0 aromatic carbocycles. The molecule has 1 fully saturated rings. The highest BCUT2D eigenvalue weighted by atomic mass is 15.3. The molecule has 1 aromatic rings. The van der Waals surface area contributed by atoms with Crippen LogP contribution >= 0.6 is 0 Å². The number of hydrogen-bond acceptors (Lipinski definition) is 3. The standard InChI is InChI=1S/C6H10N4/c1-6(2-7-1)3-10-5-8-4-9-10/h4-7H,1-3H2. The maximum Gasteiger partial charge on any atom is 0.137 e. The molecule has 1 aliphatic rings. The summed E-state index contributed by atoms with van der Waals surface area (Å²) < 4.78 is 1.88. The first-order valence-corrected chi connectivity index (χ1v) is 3.48. The Kier molecular flexibility index (Phi) is 1.39. The molecule has 1 saturated heterocycles. The largest absolute Gasteiger partial charge is 0.316 e. The smallest absolute Gasteiger partial charge is 0.137 e. The van der Waals surface area contributed by atoms with Crippen molar-refractivity contribution in [2.24, 2.45) is 5.92 Å². The predicted molar refractivity (Wildman–Crippen MR) is 36.4 cm³/mol. The van der Waals surface area contributed by atoms with E-state index in [4.69, 9.17) is 0 Å². The lowest BCUT2D eigenvalue weighted by Gasteiger charge is -2.26. The van der Waals surface area contributed by atoms with Gasteiger partial charge in [-0.1, -0.05) is 0 Å². The van der Waals surface area contributed by atoms with Gasteiger partial charge in [0.1, 0.15) is 12.7 Å². The molecule has 0 saturated carbocycles. The summed E-state index contributed by atoms with van der Waals surface area (Å²) in [5, 5.41) is 7.23. The third-order valence-corrected chi connectivity index (χ3v) is 1.78. The highest BCUT2D eigenvalue weighted by molar-refractivity contribution is 4.74. The van der Waals surface area contributed by atoms with Gasteiger partial charge in [0.15, 0.2) is 0 Å². The van der Waals surface area contributed by atoms with Gasteiger partial charge in [-0.15, -0.1) is 0 Å². The van der Waals surface area contributed by atoms with Crippen LogP contribution in [0.1, 0.15) is 0 Å². The van der Waals surface area contributed by atoms with Crippen LogP contribution in [0.4, 0.5) is 0 Å². The van der Waals surface area contributed by atoms with Crippen LogP contribution in [0.3, 0.4) is 0 Å². The van der Waals surface area contributed by atoms with E-state index in [1.807, 2.05) is 4.68 Å². The molecule has 0 aliphatic carbocycles. The molecule has 0 radical (unpaired) electrons. The number of hydrogen-bond donors (Lipinski definition) is 1. The Morgan fingerprint density at radius 3 is 3.00 bits per heavy atom. The van der Waals surface area contributed by atoms with E-state index in [1.54, 1.807) is 12.7 Å². The van der Waals surface area contributed by atoms with Gasteiger partial charge in [0.05, 0.1) is 0 Å². The van der Waals surface area contributed by atoms with Crippen molar-refractivity contribution < 1.29 is 0 Å². The molecule has 0 unspecified atom stereocenters. The topological polar surface area (TPSA) is 42.7 Å². The highest BCUT2D eigenvalue weighted by Crippen LogP contribution is 2.04. The minimum atomic E-state index is 0.765. The Morgan fingerprint density at radius 2 is 2.50 bits per heavy atom. The quantitative estimate of drug-likeness (QED) is 0.599. The minimum absolute atomic E-state index is 0.765. The minimum Gasteiger partial charge on any atom is -0.316 e. The fraction of sp³-hybridized carbons (Fsp3) is 0.667. The van der Waals surface area contributed by atoms with Gasteiger partial charge in [-0.3, -0.25) is 4.68 Å². The lowest BCUT2D eigenvalue weighted by molar-refractivity contribution is 0.295. The number of rotatable bonds is 2. The predicted octanol–water partition coefficient (Wildman–Crippen LogP) is -0.503. The molecular formula is C6H10N4. The average molecular weight is 138 g/mol. The molecule has 0 bridgehead atoms. The summed E-state index contributed by atoms with van der Waals surface area (Å²) in [6.07, 6.45) is 3.34. The van der Waals surface area contributed by atoms with Crippen molar-refractivity contribution >= 4 is 0 Å². The Labute approximate surface area is 59.3 Å². The molecule has 0 amide bonds. The first-order chi connectivity index (χ1) is 4.95. The lowest BCUT2D eigenvalue weighted by Crippen LogP contribution is -2.44. The maximum absolute atomic E-state index is 4.02. The van der Waals surface area contributed by atoms with E-state index in [9.17, 15) is 0 Å². The lowest BCUT2D eigenvalue weighted by atomic mass is 10.0. The van der Waals surface area contributed by atoms with Crippen molar-refractivity contribution in [2.45, 2.75) is 6.54 Å². The molecule has 4 heteroatoms. The molecule has 10 heavy (non-hydrogen) atoms. The monoisotopic (exact) mass is 138 g/mol. The molecule has 0 atom stereocenters. The Morgan fingerprint density at radius 1 is 1.60 bits per heavy atom. The van der Waals surface area contributed by atoms with Crippen LogP contribution in [0.25, 0.3) is 0 Å². The van der Waals surface area contributed by atoms with Gasteiger partial charge in [0.2, 0.25) is 0 Å². The summed E-state index contributed by atoms with van der Waals surface area (Å²) >= 11 is 0. The fourth-order valence-electron chi connectivity index (χ4n) is 1.07. The Bertz CT molecular complexity index is 190. The van der Waals surface area contributed by atoms with Crippen LogP contribution < -0.4 is 5.32 Å². The average Bonchev–Trinajstić information content (AvgIpc) is 2.29. The van der Waals surface area contributed by atoms with Gasteiger partial charge in [-0.05, 0) is 0 Å². The van der Waals surface area contributed by atoms with Crippen LogP contribution in [-0.2, 0) is 6.54 Å². The van der Waals surface area contributed by atoms with E-state index in [2.05, 4.69) is 15.4 Å². The zero-order chi connectivity index (χ0) is 6.81. The summed E-state index contributed by atoms with van der Waals surface area (Å²) in [5.74, 6) is 0.765. The van der Waals surface area contributed by atoms with Gasteiger partial charge in [0, 0.05) is 25.6 Å². The third-order valence-electron chi connectivity index (χ3n) is 1.78. The molecule has 1 aromatic heterocycles. The molecule has 0 spiro atoms. The highest BCUT2D eigenvalue weighted by Gasteiger charge is 2.16. The molecule has 2 heterocycles. The van der Waals surface area contributed by atoms with E-state index in [-0.39, 0.29) is 0 Å². The summed E-state index contributed by atoms with van der Waals surface area (Å²) in [7, 11) is 0. The first-order valence-electron chi connectivity index (χ1n) is 3.48. The number of nitrogens with one attached hydrogen (secondary N) is 1. The van der Waals surface area contributed by atoms with Crippen molar-refractivity contribution in [3.05, 3.63) is 12.7 Å². The van der Waals surface area contributed by atoms with Crippen molar-refractivity contribution in [3.63, 3.8) is 0 Å². The summed E-state index contributed by atoms with van der Waals surface area (Å²) in [5.41, 5.74) is 0. The van der Waals surface area contributed by atoms with Crippen LogP contribution in [0.2, 0.25) is 0 Å². The second-order valence-electron chi connectivity index (χ2n) is 2.64. The van der Waals surface area contributed by atoms with E-state index >= 15 is 0 Å². The van der Waals surface area contributed by atoms with Crippen LogP contribution in [-0.4, -0.2) is 27.9 Å². The Balaban J connectivity index is 1.90. The summed E-state index contributed by atoms with van der Waals surface area (Å²) in [6, 6.07) is 0. The van der Waals surface area contributed by atoms with Crippen LogP contribution in [0, 0.1) is 5.92 Å². The van der Waals surface area contributed by atoms with Crippen LogP contribution in [0.5, 0.6) is 0 Å². The number of aromatic nitrogens is 3. The second-order valence-corrected chi connectivity index (χ2v) is 2.64. The normalized spacial score (nSPS) is 18.8. The SMILES string of the molecule is c1ncn(CC2CNC2)n1. The van der Waals surface area contributed by atoms with Gasteiger partial charge >= 0.3 is 0 Å². The summed E-state index contributed by atoms with van der Waals surface area (Å²) in [4.78, 5) is 3.87. The summed E-state index contributed by atoms with van der Waals surface area (Å²) in [6.45, 7) is 3.26. The van der Waals surface area contributed by atoms with Crippen molar-refractivity contribution in [3.8, 4) is 0 Å². The number of nitrogens with zero attached hydrogens (tertiary/aromatic N) is 3. The van der Waals surface area contributed by atoms with Crippen LogP contribution in [0.15, 0.2) is 12.7 Å². The Hall–Kier alpha value is -0.900. The second kappa shape index (κ2) is 2.38. The van der Waals surface area contributed by atoms with Gasteiger partial charge in [-0.2, -0.15) is 5.10 Å². The van der Waals surface area contributed by atoms with E-state index < -0.39 is 0 Å². The molecule has 54 valence electrons. The molecule has 4 nitrogen and oxygen atoms in total. The maximum atomic E-state index is 4.02. The van der Waals surface area contributed by atoms with E-state index in [1.165, 1.54) is 0 Å². The molecule has 1 N–H and O–H groups in total. The fourth-order valence-corrected chi connectivity index (χ4v) is 1.07. The van der Waals surface area contributed by atoms with Crippen molar-refractivity contribution in [1.82, 2.24) is 20.1 Å². The zero-order valence-corrected chi connectivity index (χ0v) is 5.70. The van der Waals surface area contributed by atoms with Gasteiger partial charge < -0.3 is 5.32 Å². The molecule has 1 aliphatic heterocycles. The molecule has 2 rings (SSSR count). The van der Waals surface area contributed by atoms with E-state index in [0.717, 1.165) is 25.6 Å². The zero-order valence-electron chi connectivity index (χ0n) is 5.70. The van der Waals surface area contributed by atoms with E-state index in [0.29, 0.717) is 0 Å². The first kappa shape index (κ1) is 5.85. The third kappa shape index (κ3) is 1.02. The van der Waals surface area contributed by atoms with Gasteiger partial charge in [-0.25, -0.2) is 4.98 Å².